The van der Waals surface area contributed by atoms with Crippen molar-refractivity contribution in [2.45, 2.75) is 20.5 Å². The molecule has 1 rings (SSSR count). The number of alkyl halides is 2. The number of aryl methyl sites for hydroxylation is 1. The van der Waals surface area contributed by atoms with Crippen LogP contribution in [0.2, 0.25) is 0 Å². The fourth-order valence-corrected chi connectivity index (χ4v) is 1.37. The van der Waals surface area contributed by atoms with Crippen LogP contribution in [0.15, 0.2) is 12.1 Å². The Morgan fingerprint density at radius 3 is 2.47 bits per heavy atom. The van der Waals surface area contributed by atoms with Crippen LogP contribution in [-0.4, -0.2) is 17.3 Å². The lowest BCUT2D eigenvalue weighted by Crippen LogP contribution is -2.07. The number of carbonyl (C=O) groups excluding carboxylic acids is 1. The molecule has 5 nitrogen and oxygen atoms in total. The summed E-state index contributed by atoms with van der Waals surface area (Å²) in [7, 11) is 0. The zero-order valence-electron chi connectivity index (χ0n) is 9.07. The van der Waals surface area contributed by atoms with Crippen molar-refractivity contribution < 1.29 is 23.2 Å². The van der Waals surface area contributed by atoms with Gasteiger partial charge < -0.3 is 4.74 Å². The predicted octanol–water partition coefficient (Wildman–Crippen LogP) is 2.71. The van der Waals surface area contributed by atoms with Gasteiger partial charge in [0.15, 0.2) is 5.78 Å². The van der Waals surface area contributed by atoms with E-state index >= 15 is 0 Å². The molecule has 0 aromatic heterocycles. The Balaban J connectivity index is 3.39. The van der Waals surface area contributed by atoms with E-state index in [1.165, 1.54) is 19.9 Å². The van der Waals surface area contributed by atoms with Crippen molar-refractivity contribution >= 4 is 11.5 Å². The highest BCUT2D eigenvalue weighted by atomic mass is 19.3. The molecule has 0 heterocycles. The number of benzene rings is 1. The van der Waals surface area contributed by atoms with E-state index in [2.05, 4.69) is 4.74 Å². The van der Waals surface area contributed by atoms with Gasteiger partial charge in [-0.2, -0.15) is 8.78 Å². The fourth-order valence-electron chi connectivity index (χ4n) is 1.37. The quantitative estimate of drug-likeness (QED) is 0.464. The van der Waals surface area contributed by atoms with Crippen molar-refractivity contribution in [3.63, 3.8) is 0 Å². The summed E-state index contributed by atoms with van der Waals surface area (Å²) in [6.07, 6.45) is 0. The molecule has 0 saturated heterocycles. The molecule has 0 aliphatic carbocycles. The largest absolute Gasteiger partial charge is 0.427 e. The van der Waals surface area contributed by atoms with E-state index < -0.39 is 23.0 Å². The minimum absolute atomic E-state index is 0.0868. The SMILES string of the molecule is CC(=O)c1cc(C)c([N+](=O)[O-])c(OC(F)F)c1. The topological polar surface area (TPSA) is 69.4 Å². The average Bonchev–Trinajstić information content (AvgIpc) is 2.14. The number of nitro groups is 1. The molecule has 92 valence electrons. The first-order valence-corrected chi connectivity index (χ1v) is 4.57. The molecule has 7 heteroatoms. The van der Waals surface area contributed by atoms with E-state index in [1.807, 2.05) is 0 Å². The van der Waals surface area contributed by atoms with Crippen molar-refractivity contribution in [2.75, 3.05) is 0 Å². The normalized spacial score (nSPS) is 10.4. The maximum Gasteiger partial charge on any atom is 0.387 e. The highest BCUT2D eigenvalue weighted by Gasteiger charge is 2.23. The zero-order chi connectivity index (χ0) is 13.2. The highest BCUT2D eigenvalue weighted by molar-refractivity contribution is 5.95. The monoisotopic (exact) mass is 245 g/mol. The third-order valence-corrected chi connectivity index (χ3v) is 2.07. The standard InChI is InChI=1S/C10H9F2NO4/c1-5-3-7(6(2)14)4-8(17-10(11)12)9(5)13(15)16/h3-4,10H,1-2H3. The molecular weight excluding hydrogens is 236 g/mol. The van der Waals surface area contributed by atoms with Crippen molar-refractivity contribution in [3.8, 4) is 5.75 Å². The van der Waals surface area contributed by atoms with Gasteiger partial charge in [-0.3, -0.25) is 14.9 Å². The second kappa shape index (κ2) is 4.86. The number of rotatable bonds is 4. The molecule has 0 unspecified atom stereocenters. The minimum Gasteiger partial charge on any atom is -0.427 e. The summed E-state index contributed by atoms with van der Waals surface area (Å²) in [4.78, 5) is 21.0. The highest BCUT2D eigenvalue weighted by Crippen LogP contribution is 2.33. The van der Waals surface area contributed by atoms with Crippen LogP contribution in [-0.2, 0) is 0 Å². The molecule has 0 atom stereocenters. The van der Waals surface area contributed by atoms with Crippen LogP contribution in [0.4, 0.5) is 14.5 Å². The number of carbonyl (C=O) groups is 1. The number of hydrogen-bond donors (Lipinski definition) is 0. The van der Waals surface area contributed by atoms with E-state index in [0.29, 0.717) is 0 Å². The first-order chi connectivity index (χ1) is 7.82. The van der Waals surface area contributed by atoms with Gasteiger partial charge in [0.2, 0.25) is 5.75 Å². The van der Waals surface area contributed by atoms with Gasteiger partial charge in [0.05, 0.1) is 4.92 Å². The summed E-state index contributed by atoms with van der Waals surface area (Å²) >= 11 is 0. The van der Waals surface area contributed by atoms with Crippen LogP contribution >= 0.6 is 0 Å². The Bertz CT molecular complexity index is 474. The molecule has 0 saturated carbocycles. The van der Waals surface area contributed by atoms with Gasteiger partial charge in [0, 0.05) is 11.1 Å². The second-order valence-corrected chi connectivity index (χ2v) is 3.33. The van der Waals surface area contributed by atoms with Gasteiger partial charge in [0.25, 0.3) is 0 Å². The van der Waals surface area contributed by atoms with Gasteiger partial charge in [0.1, 0.15) is 0 Å². The Labute approximate surface area is 95.2 Å². The fraction of sp³-hybridized carbons (Fsp3) is 0.300. The first kappa shape index (κ1) is 13.0. The molecule has 0 aliphatic rings. The molecule has 0 fully saturated rings. The zero-order valence-corrected chi connectivity index (χ0v) is 9.07. The molecule has 0 amide bonds. The molecule has 0 radical (unpaired) electrons. The summed E-state index contributed by atoms with van der Waals surface area (Å²) in [6, 6.07) is 2.21. The Morgan fingerprint density at radius 1 is 1.47 bits per heavy atom. The van der Waals surface area contributed by atoms with Gasteiger partial charge in [-0.05, 0) is 26.0 Å². The smallest absolute Gasteiger partial charge is 0.387 e. The number of nitro benzene ring substituents is 1. The lowest BCUT2D eigenvalue weighted by atomic mass is 10.1. The van der Waals surface area contributed by atoms with E-state index in [4.69, 9.17) is 0 Å². The third-order valence-electron chi connectivity index (χ3n) is 2.07. The molecule has 0 N–H and O–H groups in total. The maximum absolute atomic E-state index is 12.1. The summed E-state index contributed by atoms with van der Waals surface area (Å²) in [5, 5.41) is 10.7. The number of halogens is 2. The van der Waals surface area contributed by atoms with E-state index in [0.717, 1.165) is 6.07 Å². The van der Waals surface area contributed by atoms with Gasteiger partial charge in [-0.15, -0.1) is 0 Å². The molecule has 1 aromatic carbocycles. The van der Waals surface area contributed by atoms with Crippen LogP contribution in [0.1, 0.15) is 22.8 Å². The molecule has 0 bridgehead atoms. The minimum atomic E-state index is -3.18. The van der Waals surface area contributed by atoms with Crippen LogP contribution in [0, 0.1) is 17.0 Å². The molecule has 0 spiro atoms. The van der Waals surface area contributed by atoms with E-state index in [1.54, 1.807) is 0 Å². The van der Waals surface area contributed by atoms with Gasteiger partial charge in [-0.1, -0.05) is 0 Å². The molecule has 0 aliphatic heterocycles. The Hall–Kier alpha value is -2.05. The molecular formula is C10H9F2NO4. The number of nitrogens with zero attached hydrogens (tertiary/aromatic N) is 1. The summed E-state index contributed by atoms with van der Waals surface area (Å²) < 4.78 is 28.2. The molecule has 1 aromatic rings. The van der Waals surface area contributed by atoms with Crippen LogP contribution in [0.5, 0.6) is 5.75 Å². The Morgan fingerprint density at radius 2 is 2.06 bits per heavy atom. The summed E-state index contributed by atoms with van der Waals surface area (Å²) in [5.74, 6) is -0.989. The Kier molecular flexibility index (Phi) is 3.72. The number of ether oxygens (including phenoxy) is 1. The van der Waals surface area contributed by atoms with Crippen molar-refractivity contribution in [3.05, 3.63) is 33.4 Å². The van der Waals surface area contributed by atoms with Gasteiger partial charge >= 0.3 is 12.3 Å². The summed E-state index contributed by atoms with van der Waals surface area (Å²) in [5.41, 5.74) is -0.377. The first-order valence-electron chi connectivity index (χ1n) is 4.57. The maximum atomic E-state index is 12.1. The lowest BCUT2D eigenvalue weighted by molar-refractivity contribution is -0.387. The van der Waals surface area contributed by atoms with E-state index in [9.17, 15) is 23.7 Å². The van der Waals surface area contributed by atoms with Gasteiger partial charge in [-0.25, -0.2) is 0 Å². The second-order valence-electron chi connectivity index (χ2n) is 3.33. The summed E-state index contributed by atoms with van der Waals surface area (Å²) in [6.45, 7) is -0.606. The van der Waals surface area contributed by atoms with Crippen LogP contribution < -0.4 is 4.74 Å². The van der Waals surface area contributed by atoms with Crippen LogP contribution in [0.3, 0.4) is 0 Å². The predicted molar refractivity (Wildman–Crippen MR) is 54.5 cm³/mol. The third kappa shape index (κ3) is 2.96. The number of hydrogen-bond acceptors (Lipinski definition) is 4. The number of ketones is 1. The molecule has 17 heavy (non-hydrogen) atoms. The van der Waals surface area contributed by atoms with Crippen molar-refractivity contribution in [1.29, 1.82) is 0 Å². The van der Waals surface area contributed by atoms with Crippen molar-refractivity contribution in [1.82, 2.24) is 0 Å². The average molecular weight is 245 g/mol. The van der Waals surface area contributed by atoms with Crippen molar-refractivity contribution in [2.24, 2.45) is 0 Å². The lowest BCUT2D eigenvalue weighted by Gasteiger charge is -2.08. The van der Waals surface area contributed by atoms with Crippen LogP contribution in [0.25, 0.3) is 0 Å². The van der Waals surface area contributed by atoms with E-state index in [-0.39, 0.29) is 16.9 Å². The number of Topliss-reactive ketones (excluding diaryl/α,β-unsaturated/α-hetero) is 1.